The number of rotatable bonds is 4. The molecule has 2 heteroatoms. The van der Waals surface area contributed by atoms with E-state index in [1.54, 1.807) is 0 Å². The molecule has 3 fully saturated rings. The monoisotopic (exact) mass is 293 g/mol. The van der Waals surface area contributed by atoms with Crippen molar-refractivity contribution in [1.82, 2.24) is 5.32 Å². The Morgan fingerprint density at radius 1 is 0.762 bits per heavy atom. The Kier molecular flexibility index (Phi) is 5.99. The average molecular weight is 293 g/mol. The van der Waals surface area contributed by atoms with Gasteiger partial charge in [-0.2, -0.15) is 0 Å². The molecule has 2 N–H and O–H groups in total. The third-order valence-corrected chi connectivity index (χ3v) is 6.57. The molecule has 3 aliphatic rings. The van der Waals surface area contributed by atoms with Gasteiger partial charge in [-0.25, -0.2) is 0 Å². The number of aliphatic hydroxyl groups excluding tert-OH is 1. The highest BCUT2D eigenvalue weighted by Crippen LogP contribution is 2.42. The van der Waals surface area contributed by atoms with E-state index in [0.717, 1.165) is 36.6 Å². The number of piperidine rings is 1. The third-order valence-electron chi connectivity index (χ3n) is 6.57. The summed E-state index contributed by atoms with van der Waals surface area (Å²) >= 11 is 0. The van der Waals surface area contributed by atoms with Crippen LogP contribution >= 0.6 is 0 Å². The highest BCUT2D eigenvalue weighted by Gasteiger charge is 2.34. The summed E-state index contributed by atoms with van der Waals surface area (Å²) < 4.78 is 0. The van der Waals surface area contributed by atoms with Gasteiger partial charge in [0.15, 0.2) is 0 Å². The smallest absolute Gasteiger partial charge is 0.0540 e. The molecule has 0 amide bonds. The van der Waals surface area contributed by atoms with E-state index in [2.05, 4.69) is 5.32 Å². The van der Waals surface area contributed by atoms with Crippen molar-refractivity contribution in [1.29, 1.82) is 0 Å². The zero-order valence-electron chi connectivity index (χ0n) is 13.7. The van der Waals surface area contributed by atoms with Gasteiger partial charge in [0.25, 0.3) is 0 Å². The highest BCUT2D eigenvalue weighted by molar-refractivity contribution is 4.87. The fourth-order valence-corrected chi connectivity index (χ4v) is 5.32. The first kappa shape index (κ1) is 15.8. The molecule has 1 heterocycles. The molecular formula is C19H35NO. The minimum Gasteiger partial charge on any atom is -0.393 e. The normalized spacial score (nSPS) is 37.3. The predicted molar refractivity (Wildman–Crippen MR) is 88.3 cm³/mol. The van der Waals surface area contributed by atoms with E-state index in [9.17, 15) is 5.11 Å². The van der Waals surface area contributed by atoms with Crippen LogP contribution in [0.25, 0.3) is 0 Å². The van der Waals surface area contributed by atoms with Gasteiger partial charge < -0.3 is 10.4 Å². The summed E-state index contributed by atoms with van der Waals surface area (Å²) in [6.07, 6.45) is 17.7. The first-order valence-corrected chi connectivity index (χ1v) is 9.74. The Morgan fingerprint density at radius 3 is 2.10 bits per heavy atom. The molecular weight excluding hydrogens is 258 g/mol. The second-order valence-corrected chi connectivity index (χ2v) is 8.01. The SMILES string of the molecule is O[C@H]1CC[C@@H](C(CC2CCCCN2)C2CCCCC2)CC1. The Morgan fingerprint density at radius 2 is 1.43 bits per heavy atom. The Balaban J connectivity index is 1.61. The molecule has 0 radical (unpaired) electrons. The predicted octanol–water partition coefficient (Wildman–Crippen LogP) is 4.27. The van der Waals surface area contributed by atoms with Gasteiger partial charge in [-0.1, -0.05) is 38.5 Å². The number of aliphatic hydroxyl groups is 1. The fraction of sp³-hybridized carbons (Fsp3) is 1.00. The summed E-state index contributed by atoms with van der Waals surface area (Å²) in [4.78, 5) is 0. The average Bonchev–Trinajstić information content (AvgIpc) is 2.55. The van der Waals surface area contributed by atoms with Crippen LogP contribution in [0, 0.1) is 17.8 Å². The standard InChI is InChI=1S/C19H35NO/c21-18-11-9-16(10-12-18)19(15-6-2-1-3-7-15)14-17-8-4-5-13-20-17/h15-21H,1-14H2/t16-,17?,18+,19?. The van der Waals surface area contributed by atoms with Gasteiger partial charge in [-0.05, 0) is 69.2 Å². The van der Waals surface area contributed by atoms with Crippen molar-refractivity contribution in [2.75, 3.05) is 6.54 Å². The lowest BCUT2D eigenvalue weighted by atomic mass is 9.67. The summed E-state index contributed by atoms with van der Waals surface area (Å²) in [6.45, 7) is 1.24. The van der Waals surface area contributed by atoms with Gasteiger partial charge in [0.2, 0.25) is 0 Å². The van der Waals surface area contributed by atoms with Crippen LogP contribution in [0.5, 0.6) is 0 Å². The van der Waals surface area contributed by atoms with Crippen molar-refractivity contribution >= 4 is 0 Å². The van der Waals surface area contributed by atoms with Crippen LogP contribution in [0.2, 0.25) is 0 Å². The Bertz CT molecular complexity index is 286. The Labute approximate surface area is 131 Å². The van der Waals surface area contributed by atoms with Crippen molar-refractivity contribution in [3.63, 3.8) is 0 Å². The molecule has 1 saturated heterocycles. The quantitative estimate of drug-likeness (QED) is 0.811. The topological polar surface area (TPSA) is 32.3 Å². The third kappa shape index (κ3) is 4.45. The van der Waals surface area contributed by atoms with Crippen molar-refractivity contribution in [3.05, 3.63) is 0 Å². The number of hydrogen-bond donors (Lipinski definition) is 2. The van der Waals surface area contributed by atoms with E-state index < -0.39 is 0 Å². The lowest BCUT2D eigenvalue weighted by Gasteiger charge is -2.41. The summed E-state index contributed by atoms with van der Waals surface area (Å²) in [7, 11) is 0. The van der Waals surface area contributed by atoms with E-state index in [4.69, 9.17) is 0 Å². The molecule has 0 spiro atoms. The highest BCUT2D eigenvalue weighted by atomic mass is 16.3. The zero-order chi connectivity index (χ0) is 14.5. The number of hydrogen-bond acceptors (Lipinski definition) is 2. The van der Waals surface area contributed by atoms with Crippen LogP contribution in [-0.4, -0.2) is 23.8 Å². The minimum atomic E-state index is 0.000983. The van der Waals surface area contributed by atoms with Crippen molar-refractivity contribution in [2.24, 2.45) is 17.8 Å². The van der Waals surface area contributed by atoms with E-state index >= 15 is 0 Å². The largest absolute Gasteiger partial charge is 0.393 e. The van der Waals surface area contributed by atoms with Gasteiger partial charge >= 0.3 is 0 Å². The molecule has 2 nitrogen and oxygen atoms in total. The lowest BCUT2D eigenvalue weighted by Crippen LogP contribution is -2.39. The molecule has 2 aliphatic carbocycles. The maximum Gasteiger partial charge on any atom is 0.0540 e. The van der Waals surface area contributed by atoms with Gasteiger partial charge in [-0.15, -0.1) is 0 Å². The van der Waals surface area contributed by atoms with Crippen LogP contribution in [0.4, 0.5) is 0 Å². The number of nitrogens with one attached hydrogen (secondary N) is 1. The molecule has 2 saturated carbocycles. The van der Waals surface area contributed by atoms with Crippen molar-refractivity contribution in [3.8, 4) is 0 Å². The summed E-state index contributed by atoms with van der Waals surface area (Å²) in [5.74, 6) is 2.83. The van der Waals surface area contributed by atoms with Gasteiger partial charge in [0.1, 0.15) is 0 Å². The van der Waals surface area contributed by atoms with Crippen LogP contribution in [0.1, 0.15) is 83.5 Å². The summed E-state index contributed by atoms with van der Waals surface area (Å²) in [6, 6.07) is 0.789. The van der Waals surface area contributed by atoms with Crippen molar-refractivity contribution in [2.45, 2.75) is 95.6 Å². The van der Waals surface area contributed by atoms with Crippen LogP contribution in [0.15, 0.2) is 0 Å². The Hall–Kier alpha value is -0.0800. The first-order valence-electron chi connectivity index (χ1n) is 9.74. The maximum absolute atomic E-state index is 9.83. The minimum absolute atomic E-state index is 0.000983. The lowest BCUT2D eigenvalue weighted by molar-refractivity contribution is 0.0597. The summed E-state index contributed by atoms with van der Waals surface area (Å²) in [5, 5.41) is 13.6. The van der Waals surface area contributed by atoms with E-state index in [1.807, 2.05) is 0 Å². The van der Waals surface area contributed by atoms with Crippen LogP contribution in [0.3, 0.4) is 0 Å². The van der Waals surface area contributed by atoms with Crippen LogP contribution < -0.4 is 5.32 Å². The zero-order valence-corrected chi connectivity index (χ0v) is 13.7. The van der Waals surface area contributed by atoms with Gasteiger partial charge in [-0.3, -0.25) is 0 Å². The molecule has 3 rings (SSSR count). The first-order chi connectivity index (χ1) is 10.3. The molecule has 2 atom stereocenters. The molecule has 1 aliphatic heterocycles. The fourth-order valence-electron chi connectivity index (χ4n) is 5.32. The molecule has 21 heavy (non-hydrogen) atoms. The van der Waals surface area contributed by atoms with E-state index in [1.165, 1.54) is 77.2 Å². The van der Waals surface area contributed by atoms with Crippen molar-refractivity contribution < 1.29 is 5.11 Å². The molecule has 0 aromatic rings. The molecule has 0 bridgehead atoms. The second-order valence-electron chi connectivity index (χ2n) is 8.01. The molecule has 0 aromatic heterocycles. The molecule has 0 aromatic carbocycles. The maximum atomic E-state index is 9.83. The molecule has 2 unspecified atom stereocenters. The van der Waals surface area contributed by atoms with Gasteiger partial charge in [0.05, 0.1) is 6.10 Å². The van der Waals surface area contributed by atoms with Crippen LogP contribution in [-0.2, 0) is 0 Å². The second kappa shape index (κ2) is 7.97. The van der Waals surface area contributed by atoms with E-state index in [-0.39, 0.29) is 6.10 Å². The van der Waals surface area contributed by atoms with Gasteiger partial charge in [0, 0.05) is 6.04 Å². The summed E-state index contributed by atoms with van der Waals surface area (Å²) in [5.41, 5.74) is 0. The van der Waals surface area contributed by atoms with E-state index in [0.29, 0.717) is 0 Å². The molecule has 122 valence electrons.